The van der Waals surface area contributed by atoms with E-state index in [2.05, 4.69) is 48.5 Å². The second kappa shape index (κ2) is 7.35. The molecule has 0 rings (SSSR count). The molecule has 0 aromatic rings. The van der Waals surface area contributed by atoms with Crippen LogP contribution in [-0.4, -0.2) is 0 Å². The second-order valence-corrected chi connectivity index (χ2v) is 6.56. The zero-order valence-electron chi connectivity index (χ0n) is 12.8. The third kappa shape index (κ3) is 4.89. The van der Waals surface area contributed by atoms with Crippen molar-refractivity contribution in [3.05, 3.63) is 0 Å². The minimum Gasteiger partial charge on any atom is -0.0654 e. The Morgan fingerprint density at radius 1 is 0.938 bits per heavy atom. The highest BCUT2D eigenvalue weighted by molar-refractivity contribution is 4.82. The van der Waals surface area contributed by atoms with E-state index in [1.165, 1.54) is 32.1 Å². The Hall–Kier alpha value is 0. The maximum Gasteiger partial charge on any atom is -0.0323 e. The first kappa shape index (κ1) is 16.0. The van der Waals surface area contributed by atoms with Gasteiger partial charge in [0.05, 0.1) is 0 Å². The second-order valence-electron chi connectivity index (χ2n) is 6.56. The van der Waals surface area contributed by atoms with Crippen molar-refractivity contribution < 1.29 is 0 Å². The zero-order valence-corrected chi connectivity index (χ0v) is 12.8. The van der Waals surface area contributed by atoms with Crippen LogP contribution >= 0.6 is 0 Å². The van der Waals surface area contributed by atoms with Gasteiger partial charge in [0.2, 0.25) is 0 Å². The van der Waals surface area contributed by atoms with E-state index < -0.39 is 0 Å². The van der Waals surface area contributed by atoms with Crippen LogP contribution in [0.2, 0.25) is 0 Å². The van der Waals surface area contributed by atoms with Crippen LogP contribution in [0.4, 0.5) is 0 Å². The van der Waals surface area contributed by atoms with Crippen molar-refractivity contribution in [1.82, 2.24) is 0 Å². The molecule has 0 amide bonds. The monoisotopic (exact) mass is 226 g/mol. The van der Waals surface area contributed by atoms with E-state index in [0.717, 1.165) is 17.8 Å². The fraction of sp³-hybridized carbons (Fsp3) is 1.00. The average molecular weight is 226 g/mol. The molecule has 0 heteroatoms. The number of hydrogen-bond acceptors (Lipinski definition) is 0. The Morgan fingerprint density at radius 3 is 1.88 bits per heavy atom. The van der Waals surface area contributed by atoms with Crippen LogP contribution in [-0.2, 0) is 0 Å². The summed E-state index contributed by atoms with van der Waals surface area (Å²) < 4.78 is 0. The topological polar surface area (TPSA) is 0 Å². The molecule has 0 bridgehead atoms. The molecule has 0 aromatic carbocycles. The third-order valence-electron chi connectivity index (χ3n) is 4.55. The molecule has 0 aliphatic carbocycles. The number of hydrogen-bond donors (Lipinski definition) is 0. The third-order valence-corrected chi connectivity index (χ3v) is 4.55. The van der Waals surface area contributed by atoms with Gasteiger partial charge in [0, 0.05) is 0 Å². The Morgan fingerprint density at radius 2 is 1.50 bits per heavy atom. The Balaban J connectivity index is 4.41. The number of rotatable bonds is 8. The predicted octanol–water partition coefficient (Wildman–Crippen LogP) is 5.91. The molecule has 0 saturated heterocycles. The van der Waals surface area contributed by atoms with E-state index >= 15 is 0 Å². The van der Waals surface area contributed by atoms with E-state index in [1.807, 2.05) is 0 Å². The van der Waals surface area contributed by atoms with Crippen LogP contribution in [0.15, 0.2) is 0 Å². The van der Waals surface area contributed by atoms with E-state index in [-0.39, 0.29) is 0 Å². The summed E-state index contributed by atoms with van der Waals surface area (Å²) in [5, 5.41) is 0. The molecule has 0 aliphatic heterocycles. The van der Waals surface area contributed by atoms with Crippen molar-refractivity contribution in [2.75, 3.05) is 0 Å². The molecule has 2 unspecified atom stereocenters. The normalized spacial score (nSPS) is 16.5. The molecule has 0 radical (unpaired) electrons. The van der Waals surface area contributed by atoms with Gasteiger partial charge in [-0.25, -0.2) is 0 Å². The molecule has 0 saturated carbocycles. The van der Waals surface area contributed by atoms with Gasteiger partial charge in [-0.3, -0.25) is 0 Å². The summed E-state index contributed by atoms with van der Waals surface area (Å²) in [6.07, 6.45) is 6.88. The van der Waals surface area contributed by atoms with Gasteiger partial charge in [-0.1, -0.05) is 74.1 Å². The van der Waals surface area contributed by atoms with Crippen LogP contribution < -0.4 is 0 Å². The fourth-order valence-electron chi connectivity index (χ4n) is 3.12. The van der Waals surface area contributed by atoms with E-state index in [4.69, 9.17) is 0 Å². The first-order chi connectivity index (χ1) is 7.36. The lowest BCUT2D eigenvalue weighted by Crippen LogP contribution is -2.31. The van der Waals surface area contributed by atoms with Gasteiger partial charge in [0.1, 0.15) is 0 Å². The smallest absolute Gasteiger partial charge is 0.0323 e. The standard InChI is InChI=1S/C16H34/c1-8-10-11-12-16(6,7)15(9-2)14(5)13(3)4/h13-15H,8-12H2,1-7H3. The quantitative estimate of drug-likeness (QED) is 0.451. The van der Waals surface area contributed by atoms with Gasteiger partial charge >= 0.3 is 0 Å². The maximum absolute atomic E-state index is 2.48. The largest absolute Gasteiger partial charge is 0.0654 e. The Kier molecular flexibility index (Phi) is 7.35. The van der Waals surface area contributed by atoms with Crippen molar-refractivity contribution in [3.8, 4) is 0 Å². The van der Waals surface area contributed by atoms with Crippen LogP contribution in [0, 0.1) is 23.2 Å². The molecule has 0 nitrogen and oxygen atoms in total. The molecular formula is C16H34. The highest BCUT2D eigenvalue weighted by atomic mass is 14.4. The Bertz CT molecular complexity index is 167. The van der Waals surface area contributed by atoms with Crippen molar-refractivity contribution in [3.63, 3.8) is 0 Å². The van der Waals surface area contributed by atoms with Gasteiger partial charge in [0.25, 0.3) is 0 Å². The predicted molar refractivity (Wildman–Crippen MR) is 75.7 cm³/mol. The van der Waals surface area contributed by atoms with Gasteiger partial charge < -0.3 is 0 Å². The first-order valence-corrected chi connectivity index (χ1v) is 7.36. The zero-order chi connectivity index (χ0) is 12.8. The lowest BCUT2D eigenvalue weighted by molar-refractivity contribution is 0.100. The molecule has 0 aromatic heterocycles. The molecule has 0 spiro atoms. The average Bonchev–Trinajstić information content (AvgIpc) is 2.18. The highest BCUT2D eigenvalue weighted by Crippen LogP contribution is 2.41. The van der Waals surface area contributed by atoms with Crippen molar-refractivity contribution in [2.45, 2.75) is 80.6 Å². The minimum atomic E-state index is 0.521. The van der Waals surface area contributed by atoms with E-state index in [9.17, 15) is 0 Å². The summed E-state index contributed by atoms with van der Waals surface area (Å²) >= 11 is 0. The van der Waals surface area contributed by atoms with Crippen LogP contribution in [0.5, 0.6) is 0 Å². The summed E-state index contributed by atoms with van der Waals surface area (Å²) in [4.78, 5) is 0. The Labute approximate surface area is 104 Å². The van der Waals surface area contributed by atoms with Gasteiger partial charge in [0.15, 0.2) is 0 Å². The molecule has 0 aliphatic rings. The summed E-state index contributed by atoms with van der Waals surface area (Å²) in [6, 6.07) is 0. The molecule has 16 heavy (non-hydrogen) atoms. The van der Waals surface area contributed by atoms with E-state index in [1.54, 1.807) is 0 Å². The molecule has 2 atom stereocenters. The summed E-state index contributed by atoms with van der Waals surface area (Å²) in [6.45, 7) is 16.8. The molecule has 0 heterocycles. The fourth-order valence-corrected chi connectivity index (χ4v) is 3.12. The van der Waals surface area contributed by atoms with E-state index in [0.29, 0.717) is 5.41 Å². The maximum atomic E-state index is 2.48. The molecule has 98 valence electrons. The van der Waals surface area contributed by atoms with Crippen molar-refractivity contribution in [1.29, 1.82) is 0 Å². The lowest BCUT2D eigenvalue weighted by Gasteiger charge is -2.40. The first-order valence-electron chi connectivity index (χ1n) is 7.36. The summed E-state index contributed by atoms with van der Waals surface area (Å²) in [5.41, 5.74) is 0.521. The highest BCUT2D eigenvalue weighted by Gasteiger charge is 2.32. The van der Waals surface area contributed by atoms with Crippen molar-refractivity contribution in [2.24, 2.45) is 23.2 Å². The molecule has 0 N–H and O–H groups in total. The molecular weight excluding hydrogens is 192 g/mol. The summed E-state index contributed by atoms with van der Waals surface area (Å²) in [7, 11) is 0. The van der Waals surface area contributed by atoms with Gasteiger partial charge in [-0.2, -0.15) is 0 Å². The SMILES string of the molecule is CCCCCC(C)(C)C(CC)C(C)C(C)C. The summed E-state index contributed by atoms with van der Waals surface area (Å²) in [5.74, 6) is 2.54. The van der Waals surface area contributed by atoms with Crippen LogP contribution in [0.3, 0.4) is 0 Å². The van der Waals surface area contributed by atoms with Crippen LogP contribution in [0.1, 0.15) is 80.6 Å². The lowest BCUT2D eigenvalue weighted by atomic mass is 9.66. The minimum absolute atomic E-state index is 0.521. The van der Waals surface area contributed by atoms with Gasteiger partial charge in [-0.15, -0.1) is 0 Å². The van der Waals surface area contributed by atoms with Crippen molar-refractivity contribution >= 4 is 0 Å². The van der Waals surface area contributed by atoms with Gasteiger partial charge in [-0.05, 0) is 29.6 Å². The van der Waals surface area contributed by atoms with Crippen LogP contribution in [0.25, 0.3) is 0 Å². The number of unbranched alkanes of at least 4 members (excludes halogenated alkanes) is 2. The molecule has 0 fully saturated rings.